The molecule has 0 amide bonds. The molecule has 1 aromatic carbocycles. The van der Waals surface area contributed by atoms with E-state index in [1.807, 2.05) is 6.07 Å². The number of hydrogen-bond donors (Lipinski definition) is 3. The van der Waals surface area contributed by atoms with Crippen molar-refractivity contribution in [2.75, 3.05) is 24.2 Å². The summed E-state index contributed by atoms with van der Waals surface area (Å²) in [6.45, 7) is 6.32. The number of rotatable bonds is 8. The summed E-state index contributed by atoms with van der Waals surface area (Å²) in [7, 11) is -3.18. The van der Waals surface area contributed by atoms with Crippen molar-refractivity contribution in [1.82, 2.24) is 4.72 Å². The van der Waals surface area contributed by atoms with E-state index in [0.29, 0.717) is 12.5 Å². The Morgan fingerprint density at radius 2 is 1.77 bits per heavy atom. The highest BCUT2D eigenvalue weighted by Gasteiger charge is 2.07. The van der Waals surface area contributed by atoms with Gasteiger partial charge >= 0.3 is 0 Å². The third-order valence-electron chi connectivity index (χ3n) is 3.35. The SMILES string of the molecule is CCc1cccc(CC)c1NC(N)=NCCNS(=O)(=O)CC. The van der Waals surface area contributed by atoms with Crippen molar-refractivity contribution in [3.8, 4) is 0 Å². The summed E-state index contributed by atoms with van der Waals surface area (Å²) in [6.07, 6.45) is 1.81. The molecule has 0 aromatic heterocycles. The summed E-state index contributed by atoms with van der Waals surface area (Å²) in [4.78, 5) is 4.16. The topological polar surface area (TPSA) is 96.6 Å². The summed E-state index contributed by atoms with van der Waals surface area (Å²) in [5, 5.41) is 3.14. The molecule has 22 heavy (non-hydrogen) atoms. The fourth-order valence-corrected chi connectivity index (χ4v) is 2.66. The number of anilines is 1. The average Bonchev–Trinajstić information content (AvgIpc) is 2.51. The molecule has 6 nitrogen and oxygen atoms in total. The van der Waals surface area contributed by atoms with Crippen LogP contribution in [0.1, 0.15) is 31.9 Å². The lowest BCUT2D eigenvalue weighted by molar-refractivity contribution is 0.583. The zero-order valence-corrected chi connectivity index (χ0v) is 14.3. The molecule has 0 aliphatic carbocycles. The predicted molar refractivity (Wildman–Crippen MR) is 92.8 cm³/mol. The van der Waals surface area contributed by atoms with E-state index >= 15 is 0 Å². The number of guanidine groups is 1. The molecule has 7 heteroatoms. The maximum absolute atomic E-state index is 11.3. The minimum absolute atomic E-state index is 0.0637. The Kier molecular flexibility index (Phi) is 7.34. The minimum Gasteiger partial charge on any atom is -0.370 e. The van der Waals surface area contributed by atoms with Gasteiger partial charge in [0.25, 0.3) is 0 Å². The number of aryl methyl sites for hydroxylation is 2. The first-order chi connectivity index (χ1) is 10.4. The highest BCUT2D eigenvalue weighted by Crippen LogP contribution is 2.22. The second-order valence-corrected chi connectivity index (χ2v) is 6.94. The van der Waals surface area contributed by atoms with Crippen molar-refractivity contribution in [3.63, 3.8) is 0 Å². The van der Waals surface area contributed by atoms with E-state index in [-0.39, 0.29) is 12.3 Å². The molecule has 0 unspecified atom stereocenters. The van der Waals surface area contributed by atoms with Gasteiger partial charge in [-0.1, -0.05) is 32.0 Å². The summed E-state index contributed by atoms with van der Waals surface area (Å²) in [6, 6.07) is 6.16. The fourth-order valence-electron chi connectivity index (χ4n) is 2.05. The normalized spacial score (nSPS) is 12.4. The molecule has 124 valence electrons. The van der Waals surface area contributed by atoms with Crippen LogP contribution in [0.15, 0.2) is 23.2 Å². The summed E-state index contributed by atoms with van der Waals surface area (Å²) < 4.78 is 25.0. The molecule has 0 heterocycles. The number of nitrogens with two attached hydrogens (primary N) is 1. The van der Waals surface area contributed by atoms with Crippen LogP contribution in [0.3, 0.4) is 0 Å². The number of benzene rings is 1. The van der Waals surface area contributed by atoms with Crippen LogP contribution in [-0.2, 0) is 22.9 Å². The van der Waals surface area contributed by atoms with Gasteiger partial charge in [0, 0.05) is 12.2 Å². The number of nitrogens with zero attached hydrogens (tertiary/aromatic N) is 1. The van der Waals surface area contributed by atoms with Crippen LogP contribution in [0, 0.1) is 0 Å². The van der Waals surface area contributed by atoms with Crippen molar-refractivity contribution in [3.05, 3.63) is 29.3 Å². The quantitative estimate of drug-likeness (QED) is 0.383. The number of nitrogens with one attached hydrogen (secondary N) is 2. The van der Waals surface area contributed by atoms with Crippen LogP contribution in [0.4, 0.5) is 5.69 Å². The van der Waals surface area contributed by atoms with Gasteiger partial charge in [0.05, 0.1) is 12.3 Å². The maximum Gasteiger partial charge on any atom is 0.211 e. The van der Waals surface area contributed by atoms with Crippen LogP contribution in [0.5, 0.6) is 0 Å². The van der Waals surface area contributed by atoms with Crippen LogP contribution < -0.4 is 15.8 Å². The third kappa shape index (κ3) is 5.65. The van der Waals surface area contributed by atoms with Crippen molar-refractivity contribution >= 4 is 21.7 Å². The largest absolute Gasteiger partial charge is 0.370 e. The Labute approximate surface area is 133 Å². The van der Waals surface area contributed by atoms with E-state index in [0.717, 1.165) is 18.5 Å². The van der Waals surface area contributed by atoms with E-state index in [4.69, 9.17) is 5.73 Å². The highest BCUT2D eigenvalue weighted by molar-refractivity contribution is 7.89. The van der Waals surface area contributed by atoms with E-state index in [9.17, 15) is 8.42 Å². The molecule has 0 fully saturated rings. The van der Waals surface area contributed by atoms with E-state index in [2.05, 4.69) is 41.0 Å². The Balaban J connectivity index is 2.68. The summed E-state index contributed by atoms with van der Waals surface area (Å²) >= 11 is 0. The third-order valence-corrected chi connectivity index (χ3v) is 4.75. The zero-order chi connectivity index (χ0) is 16.6. The van der Waals surface area contributed by atoms with Crippen LogP contribution in [0.2, 0.25) is 0 Å². The van der Waals surface area contributed by atoms with Crippen LogP contribution >= 0.6 is 0 Å². The van der Waals surface area contributed by atoms with Crippen molar-refractivity contribution in [2.45, 2.75) is 33.6 Å². The maximum atomic E-state index is 11.3. The zero-order valence-electron chi connectivity index (χ0n) is 13.5. The second-order valence-electron chi connectivity index (χ2n) is 4.85. The summed E-state index contributed by atoms with van der Waals surface area (Å²) in [5.74, 6) is 0.361. The van der Waals surface area contributed by atoms with Gasteiger partial charge in [-0.15, -0.1) is 0 Å². The number of aliphatic imine (C=N–C) groups is 1. The first-order valence-electron chi connectivity index (χ1n) is 7.58. The molecule has 0 bridgehead atoms. The second kappa shape index (κ2) is 8.75. The van der Waals surface area contributed by atoms with Gasteiger partial charge in [-0.25, -0.2) is 13.1 Å². The minimum atomic E-state index is -3.18. The molecular weight excluding hydrogens is 300 g/mol. The van der Waals surface area contributed by atoms with E-state index in [1.54, 1.807) is 6.92 Å². The van der Waals surface area contributed by atoms with Crippen molar-refractivity contribution in [2.24, 2.45) is 10.7 Å². The van der Waals surface area contributed by atoms with Crippen LogP contribution in [-0.4, -0.2) is 33.2 Å². The van der Waals surface area contributed by atoms with Gasteiger partial charge in [-0.3, -0.25) is 4.99 Å². The molecule has 0 saturated heterocycles. The van der Waals surface area contributed by atoms with Crippen molar-refractivity contribution < 1.29 is 8.42 Å². The molecule has 0 aliphatic rings. The van der Waals surface area contributed by atoms with E-state index < -0.39 is 10.0 Å². The fraction of sp³-hybridized carbons (Fsp3) is 0.533. The molecule has 1 aromatic rings. The van der Waals surface area contributed by atoms with Gasteiger partial charge in [0.15, 0.2) is 5.96 Å². The number of para-hydroxylation sites is 1. The molecule has 0 radical (unpaired) electrons. The highest BCUT2D eigenvalue weighted by atomic mass is 32.2. The van der Waals surface area contributed by atoms with E-state index in [1.165, 1.54) is 11.1 Å². The molecule has 0 saturated carbocycles. The lowest BCUT2D eigenvalue weighted by Gasteiger charge is -2.14. The molecule has 1 rings (SSSR count). The predicted octanol–water partition coefficient (Wildman–Crippen LogP) is 1.48. The summed E-state index contributed by atoms with van der Waals surface area (Å²) in [5.41, 5.74) is 9.27. The standard InChI is InChI=1S/C15H26N4O2S/c1-4-12-8-7-9-13(5-2)14(12)19-15(16)17-10-11-18-22(20,21)6-3/h7-9,18H,4-6,10-11H2,1-3H3,(H3,16,17,19). The first-order valence-corrected chi connectivity index (χ1v) is 9.23. The van der Waals surface area contributed by atoms with Gasteiger partial charge < -0.3 is 11.1 Å². The lowest BCUT2D eigenvalue weighted by atomic mass is 10.0. The van der Waals surface area contributed by atoms with Gasteiger partial charge in [-0.2, -0.15) is 0 Å². The number of sulfonamides is 1. The molecule has 0 spiro atoms. The Morgan fingerprint density at radius 3 is 2.27 bits per heavy atom. The van der Waals surface area contributed by atoms with Gasteiger partial charge in [-0.05, 0) is 30.9 Å². The van der Waals surface area contributed by atoms with Gasteiger partial charge in [0.1, 0.15) is 0 Å². The monoisotopic (exact) mass is 326 g/mol. The smallest absolute Gasteiger partial charge is 0.211 e. The lowest BCUT2D eigenvalue weighted by Crippen LogP contribution is -2.29. The van der Waals surface area contributed by atoms with Gasteiger partial charge in [0.2, 0.25) is 10.0 Å². The van der Waals surface area contributed by atoms with Crippen LogP contribution in [0.25, 0.3) is 0 Å². The Morgan fingerprint density at radius 1 is 1.18 bits per heavy atom. The Bertz CT molecular complexity index is 590. The van der Waals surface area contributed by atoms with Crippen molar-refractivity contribution in [1.29, 1.82) is 0 Å². The molecule has 0 atom stereocenters. The average molecular weight is 326 g/mol. The molecular formula is C15H26N4O2S. The first kappa shape index (κ1) is 18.4. The molecule has 0 aliphatic heterocycles. The molecule has 4 N–H and O–H groups in total. The Hall–Kier alpha value is -1.60. The number of hydrogen-bond acceptors (Lipinski definition) is 3.